The molecule has 0 saturated carbocycles. The van der Waals surface area contributed by atoms with Gasteiger partial charge in [0.1, 0.15) is 6.04 Å². The minimum Gasteiger partial charge on any atom is -0.466 e. The average Bonchev–Trinajstić information content (AvgIpc) is 2.66. The SMILES string of the molecule is COC(=O)C1=C(C)NC(SCc2ccccc2)=NC1c1ccc(Cl)cc1Cl. The van der Waals surface area contributed by atoms with Crippen LogP contribution in [0.1, 0.15) is 24.1 Å². The monoisotopic (exact) mass is 420 g/mol. The zero-order chi connectivity index (χ0) is 19.4. The lowest BCUT2D eigenvalue weighted by Crippen LogP contribution is -2.30. The number of ether oxygens (including phenoxy) is 1. The number of carbonyl (C=O) groups is 1. The molecule has 1 unspecified atom stereocenters. The minimum absolute atomic E-state index is 0.436. The maximum atomic E-state index is 12.4. The minimum atomic E-state index is -0.554. The highest BCUT2D eigenvalue weighted by molar-refractivity contribution is 8.13. The van der Waals surface area contributed by atoms with Crippen LogP contribution in [0, 0.1) is 0 Å². The second kappa shape index (κ2) is 8.83. The molecule has 27 heavy (non-hydrogen) atoms. The Morgan fingerprint density at radius 2 is 1.96 bits per heavy atom. The van der Waals surface area contributed by atoms with E-state index in [-0.39, 0.29) is 0 Å². The summed E-state index contributed by atoms with van der Waals surface area (Å²) in [5.74, 6) is 0.320. The molecular formula is C20H18Cl2N2O2S. The van der Waals surface area contributed by atoms with Crippen molar-refractivity contribution in [2.75, 3.05) is 7.11 Å². The molecule has 1 atom stereocenters. The summed E-state index contributed by atoms with van der Waals surface area (Å²) in [6.07, 6.45) is 0. The molecule has 2 aromatic carbocycles. The molecule has 0 aliphatic carbocycles. The number of hydrogen-bond acceptors (Lipinski definition) is 5. The highest BCUT2D eigenvalue weighted by atomic mass is 35.5. The molecule has 0 spiro atoms. The number of esters is 1. The topological polar surface area (TPSA) is 50.7 Å². The molecule has 0 saturated heterocycles. The van der Waals surface area contributed by atoms with Crippen molar-refractivity contribution in [2.24, 2.45) is 4.99 Å². The zero-order valence-electron chi connectivity index (χ0n) is 14.8. The number of carbonyl (C=O) groups excluding carboxylic acids is 1. The van der Waals surface area contributed by atoms with Crippen LogP contribution in [0.2, 0.25) is 10.0 Å². The molecule has 0 amide bonds. The summed E-state index contributed by atoms with van der Waals surface area (Å²) < 4.78 is 4.96. The fraction of sp³-hybridized carbons (Fsp3) is 0.200. The van der Waals surface area contributed by atoms with Crippen LogP contribution in [0.3, 0.4) is 0 Å². The standard InChI is InChI=1S/C20H18Cl2N2O2S/c1-12-17(19(25)26-2)18(15-9-8-14(21)10-16(15)22)24-20(23-12)27-11-13-6-4-3-5-7-13/h3-10,18H,11H2,1-2H3,(H,23,24). The first-order chi connectivity index (χ1) is 13.0. The number of halogens is 2. The van der Waals surface area contributed by atoms with Gasteiger partial charge in [0.15, 0.2) is 5.17 Å². The van der Waals surface area contributed by atoms with Gasteiger partial charge in [0, 0.05) is 27.1 Å². The second-order valence-corrected chi connectivity index (χ2v) is 7.74. The van der Waals surface area contributed by atoms with Gasteiger partial charge >= 0.3 is 5.97 Å². The highest BCUT2D eigenvalue weighted by Gasteiger charge is 2.31. The van der Waals surface area contributed by atoms with Crippen molar-refractivity contribution in [2.45, 2.75) is 18.7 Å². The number of nitrogens with zero attached hydrogens (tertiary/aromatic N) is 1. The van der Waals surface area contributed by atoms with Crippen molar-refractivity contribution in [3.63, 3.8) is 0 Å². The predicted octanol–water partition coefficient (Wildman–Crippen LogP) is 5.37. The van der Waals surface area contributed by atoms with E-state index in [1.54, 1.807) is 30.0 Å². The first-order valence-corrected chi connectivity index (χ1v) is 9.99. The van der Waals surface area contributed by atoms with Gasteiger partial charge in [0.05, 0.1) is 12.7 Å². The summed E-state index contributed by atoms with van der Waals surface area (Å²) in [5, 5.41) is 4.91. The number of rotatable bonds is 4. The van der Waals surface area contributed by atoms with E-state index >= 15 is 0 Å². The van der Waals surface area contributed by atoms with Crippen molar-refractivity contribution in [1.29, 1.82) is 0 Å². The molecule has 1 N–H and O–H groups in total. The van der Waals surface area contributed by atoms with Gasteiger partial charge in [-0.05, 0) is 24.6 Å². The third-order valence-corrected chi connectivity index (χ3v) is 5.62. The molecule has 0 bridgehead atoms. The maximum absolute atomic E-state index is 12.4. The lowest BCUT2D eigenvalue weighted by Gasteiger charge is -2.26. The van der Waals surface area contributed by atoms with E-state index < -0.39 is 12.0 Å². The molecule has 4 nitrogen and oxygen atoms in total. The first kappa shape index (κ1) is 19.8. The van der Waals surface area contributed by atoms with Gasteiger partial charge in [0.25, 0.3) is 0 Å². The number of benzene rings is 2. The summed E-state index contributed by atoms with van der Waals surface area (Å²) in [7, 11) is 1.35. The van der Waals surface area contributed by atoms with Crippen LogP contribution in [0.25, 0.3) is 0 Å². The fourth-order valence-corrected chi connectivity index (χ4v) is 4.18. The molecule has 140 valence electrons. The summed E-state index contributed by atoms with van der Waals surface area (Å²) in [6, 6.07) is 14.7. The Bertz CT molecular complexity index is 913. The van der Waals surface area contributed by atoms with Crippen molar-refractivity contribution >= 4 is 46.1 Å². The molecule has 7 heteroatoms. The normalized spacial score (nSPS) is 16.6. The Balaban J connectivity index is 1.93. The number of hydrogen-bond donors (Lipinski definition) is 1. The van der Waals surface area contributed by atoms with Gasteiger partial charge in [-0.2, -0.15) is 0 Å². The lowest BCUT2D eigenvalue weighted by molar-refractivity contribution is -0.136. The van der Waals surface area contributed by atoms with Crippen LogP contribution in [-0.4, -0.2) is 18.2 Å². The summed E-state index contributed by atoms with van der Waals surface area (Å²) in [5.41, 5.74) is 3.03. The number of allylic oxidation sites excluding steroid dienone is 1. The summed E-state index contributed by atoms with van der Waals surface area (Å²) >= 11 is 14.0. The molecule has 0 aromatic heterocycles. The van der Waals surface area contributed by atoms with Crippen LogP contribution in [0.4, 0.5) is 0 Å². The van der Waals surface area contributed by atoms with Gasteiger partial charge in [-0.1, -0.05) is 71.4 Å². The van der Waals surface area contributed by atoms with Crippen LogP contribution in [-0.2, 0) is 15.3 Å². The van der Waals surface area contributed by atoms with Gasteiger partial charge in [-0.15, -0.1) is 0 Å². The largest absolute Gasteiger partial charge is 0.466 e. The smallest absolute Gasteiger partial charge is 0.338 e. The van der Waals surface area contributed by atoms with E-state index in [4.69, 9.17) is 32.9 Å². The molecule has 1 aliphatic heterocycles. The van der Waals surface area contributed by atoms with Crippen molar-refractivity contribution < 1.29 is 9.53 Å². The van der Waals surface area contributed by atoms with Crippen LogP contribution in [0.5, 0.6) is 0 Å². The molecule has 0 radical (unpaired) electrons. The number of methoxy groups -OCH3 is 1. The lowest BCUT2D eigenvalue weighted by atomic mass is 9.96. The second-order valence-electron chi connectivity index (χ2n) is 5.93. The predicted molar refractivity (Wildman–Crippen MR) is 112 cm³/mol. The molecular weight excluding hydrogens is 403 g/mol. The quantitative estimate of drug-likeness (QED) is 0.674. The summed E-state index contributed by atoms with van der Waals surface area (Å²) in [6.45, 7) is 1.83. The van der Waals surface area contributed by atoms with Crippen LogP contribution >= 0.6 is 35.0 Å². The van der Waals surface area contributed by atoms with Gasteiger partial charge < -0.3 is 10.1 Å². The van der Waals surface area contributed by atoms with Gasteiger partial charge in [-0.25, -0.2) is 9.79 Å². The Morgan fingerprint density at radius 1 is 1.22 bits per heavy atom. The summed E-state index contributed by atoms with van der Waals surface area (Å²) in [4.78, 5) is 17.1. The zero-order valence-corrected chi connectivity index (χ0v) is 17.2. The van der Waals surface area contributed by atoms with Crippen LogP contribution in [0.15, 0.2) is 64.8 Å². The number of thioether (sulfide) groups is 1. The van der Waals surface area contributed by atoms with E-state index in [0.29, 0.717) is 26.9 Å². The molecule has 1 aliphatic rings. The number of nitrogens with one attached hydrogen (secondary N) is 1. The number of amidine groups is 1. The van der Waals surface area contributed by atoms with E-state index in [9.17, 15) is 4.79 Å². The molecule has 0 fully saturated rings. The fourth-order valence-electron chi connectivity index (χ4n) is 2.77. The first-order valence-electron chi connectivity index (χ1n) is 8.25. The third kappa shape index (κ3) is 4.67. The molecule has 3 rings (SSSR count). The van der Waals surface area contributed by atoms with Crippen molar-refractivity contribution in [3.8, 4) is 0 Å². The molecule has 1 heterocycles. The van der Waals surface area contributed by atoms with Crippen LogP contribution < -0.4 is 5.32 Å². The van der Waals surface area contributed by atoms with E-state index in [1.807, 2.05) is 25.1 Å². The van der Waals surface area contributed by atoms with Gasteiger partial charge in [0.2, 0.25) is 0 Å². The third-order valence-electron chi connectivity index (χ3n) is 4.10. The van der Waals surface area contributed by atoms with Crippen molar-refractivity contribution in [3.05, 3.63) is 81.0 Å². The maximum Gasteiger partial charge on any atom is 0.338 e. The van der Waals surface area contributed by atoms with Crippen molar-refractivity contribution in [1.82, 2.24) is 5.32 Å². The number of aliphatic imine (C=N–C) groups is 1. The Labute approximate surface area is 172 Å². The average molecular weight is 421 g/mol. The van der Waals surface area contributed by atoms with Gasteiger partial charge in [-0.3, -0.25) is 0 Å². The van der Waals surface area contributed by atoms with E-state index in [1.165, 1.54) is 12.7 Å². The van der Waals surface area contributed by atoms with E-state index in [0.717, 1.165) is 10.9 Å². The Morgan fingerprint density at radius 3 is 2.63 bits per heavy atom. The highest BCUT2D eigenvalue weighted by Crippen LogP contribution is 2.37. The molecule has 2 aromatic rings. The Kier molecular flexibility index (Phi) is 6.47. The van der Waals surface area contributed by atoms with E-state index in [2.05, 4.69) is 17.4 Å². The Hall–Kier alpha value is -1.95.